The first kappa shape index (κ1) is 11.3. The zero-order valence-corrected chi connectivity index (χ0v) is 9.29. The maximum atomic E-state index is 12.3. The minimum Gasteiger partial charge on any atom is -0.465 e. The van der Waals surface area contributed by atoms with Crippen LogP contribution >= 0.6 is 22.6 Å². The highest BCUT2D eigenvalue weighted by atomic mass is 127. The number of methoxy groups -OCH3 is 1. The standard InChI is InChI=1S/C8H6F2INO2/c1-14-8(13)4-2-5(7(9)10)12-6(11)3-4/h2-3,7H,1H3. The maximum absolute atomic E-state index is 12.3. The molecule has 0 aromatic carbocycles. The first-order valence-electron chi connectivity index (χ1n) is 3.58. The van der Waals surface area contributed by atoms with Crippen LogP contribution < -0.4 is 0 Å². The second kappa shape index (κ2) is 4.63. The molecule has 1 rings (SSSR count). The van der Waals surface area contributed by atoms with Crippen molar-refractivity contribution < 1.29 is 18.3 Å². The van der Waals surface area contributed by atoms with E-state index in [2.05, 4.69) is 9.72 Å². The Morgan fingerprint density at radius 2 is 2.21 bits per heavy atom. The normalized spacial score (nSPS) is 10.4. The third-order valence-electron chi connectivity index (χ3n) is 1.46. The maximum Gasteiger partial charge on any atom is 0.338 e. The molecular formula is C8H6F2INO2. The summed E-state index contributed by atoms with van der Waals surface area (Å²) in [5.74, 6) is -0.646. The number of alkyl halides is 2. The number of carbonyl (C=O) groups excluding carboxylic acids is 1. The molecule has 1 aromatic heterocycles. The second-order valence-electron chi connectivity index (χ2n) is 2.40. The molecule has 0 radical (unpaired) electrons. The zero-order chi connectivity index (χ0) is 10.7. The summed E-state index contributed by atoms with van der Waals surface area (Å²) < 4.78 is 29.3. The van der Waals surface area contributed by atoms with Crippen molar-refractivity contribution in [1.29, 1.82) is 0 Å². The molecule has 0 saturated heterocycles. The van der Waals surface area contributed by atoms with Crippen LogP contribution in [0.15, 0.2) is 12.1 Å². The molecule has 3 nitrogen and oxygen atoms in total. The van der Waals surface area contributed by atoms with Crippen LogP contribution in [0.4, 0.5) is 8.78 Å². The molecule has 0 atom stereocenters. The van der Waals surface area contributed by atoms with Gasteiger partial charge in [-0.05, 0) is 34.7 Å². The Kier molecular flexibility index (Phi) is 3.73. The van der Waals surface area contributed by atoms with E-state index in [9.17, 15) is 13.6 Å². The quantitative estimate of drug-likeness (QED) is 0.478. The molecule has 0 fully saturated rings. The SMILES string of the molecule is COC(=O)c1cc(I)nc(C(F)F)c1. The van der Waals surface area contributed by atoms with Gasteiger partial charge >= 0.3 is 5.97 Å². The lowest BCUT2D eigenvalue weighted by atomic mass is 10.2. The van der Waals surface area contributed by atoms with Crippen molar-refractivity contribution in [3.8, 4) is 0 Å². The van der Waals surface area contributed by atoms with Crippen LogP contribution in [0.25, 0.3) is 0 Å². The van der Waals surface area contributed by atoms with Gasteiger partial charge in [-0.1, -0.05) is 0 Å². The van der Waals surface area contributed by atoms with E-state index >= 15 is 0 Å². The highest BCUT2D eigenvalue weighted by Crippen LogP contribution is 2.19. The predicted molar refractivity (Wildman–Crippen MR) is 53.3 cm³/mol. The lowest BCUT2D eigenvalue weighted by molar-refractivity contribution is 0.0600. The van der Waals surface area contributed by atoms with Gasteiger partial charge in [0, 0.05) is 0 Å². The highest BCUT2D eigenvalue weighted by Gasteiger charge is 2.14. The van der Waals surface area contributed by atoms with Crippen molar-refractivity contribution in [3.05, 3.63) is 27.1 Å². The number of esters is 1. The van der Waals surface area contributed by atoms with Gasteiger partial charge in [0.15, 0.2) is 0 Å². The Balaban J connectivity index is 3.13. The minimum atomic E-state index is -2.69. The molecule has 0 aliphatic carbocycles. The van der Waals surface area contributed by atoms with Crippen molar-refractivity contribution in [2.45, 2.75) is 6.43 Å². The molecule has 0 aliphatic heterocycles. The molecule has 0 amide bonds. The first-order chi connectivity index (χ1) is 6.54. The predicted octanol–water partition coefficient (Wildman–Crippen LogP) is 2.41. The molecule has 14 heavy (non-hydrogen) atoms. The third-order valence-corrected chi connectivity index (χ3v) is 2.01. The summed E-state index contributed by atoms with van der Waals surface area (Å²) in [6.07, 6.45) is -2.69. The number of hydrogen-bond donors (Lipinski definition) is 0. The number of nitrogens with zero attached hydrogens (tertiary/aromatic N) is 1. The summed E-state index contributed by atoms with van der Waals surface area (Å²) in [7, 11) is 1.19. The summed E-state index contributed by atoms with van der Waals surface area (Å²) in [6.45, 7) is 0. The summed E-state index contributed by atoms with van der Waals surface area (Å²) in [4.78, 5) is 14.6. The summed E-state index contributed by atoms with van der Waals surface area (Å²) in [5.41, 5.74) is -0.334. The van der Waals surface area contributed by atoms with Gasteiger partial charge in [0.1, 0.15) is 9.39 Å². The van der Waals surface area contributed by atoms with Gasteiger partial charge in [-0.15, -0.1) is 0 Å². The molecular weight excluding hydrogens is 307 g/mol. The molecule has 0 spiro atoms. The minimum absolute atomic E-state index is 0.0854. The zero-order valence-electron chi connectivity index (χ0n) is 7.13. The van der Waals surface area contributed by atoms with Crippen molar-refractivity contribution in [1.82, 2.24) is 4.98 Å². The average Bonchev–Trinajstić information content (AvgIpc) is 2.15. The van der Waals surface area contributed by atoms with Crippen LogP contribution in [-0.2, 0) is 4.74 Å². The van der Waals surface area contributed by atoms with Crippen molar-refractivity contribution in [2.24, 2.45) is 0 Å². The van der Waals surface area contributed by atoms with Gasteiger partial charge in [0.05, 0.1) is 12.7 Å². The van der Waals surface area contributed by atoms with Crippen molar-refractivity contribution in [2.75, 3.05) is 7.11 Å². The number of pyridine rings is 1. The fourth-order valence-electron chi connectivity index (χ4n) is 0.865. The molecule has 76 valence electrons. The monoisotopic (exact) mass is 313 g/mol. The fourth-order valence-corrected chi connectivity index (χ4v) is 1.48. The summed E-state index contributed by atoms with van der Waals surface area (Å²) in [5, 5.41) is 0. The Morgan fingerprint density at radius 1 is 1.57 bits per heavy atom. The van der Waals surface area contributed by atoms with Crippen molar-refractivity contribution in [3.63, 3.8) is 0 Å². The Bertz CT molecular complexity index is 357. The van der Waals surface area contributed by atoms with E-state index in [4.69, 9.17) is 0 Å². The molecule has 0 bridgehead atoms. The van der Waals surface area contributed by atoms with Crippen LogP contribution in [0.2, 0.25) is 0 Å². The van der Waals surface area contributed by atoms with E-state index in [1.807, 2.05) is 0 Å². The molecule has 0 saturated carbocycles. The number of aromatic nitrogens is 1. The molecule has 0 aliphatic rings. The smallest absolute Gasteiger partial charge is 0.338 e. The van der Waals surface area contributed by atoms with Gasteiger partial charge in [-0.2, -0.15) is 0 Å². The second-order valence-corrected chi connectivity index (χ2v) is 3.50. The van der Waals surface area contributed by atoms with Crippen LogP contribution in [0.5, 0.6) is 0 Å². The first-order valence-corrected chi connectivity index (χ1v) is 4.66. The Labute approximate surface area is 92.6 Å². The van der Waals surface area contributed by atoms with E-state index in [0.717, 1.165) is 6.07 Å². The van der Waals surface area contributed by atoms with Crippen LogP contribution in [0, 0.1) is 3.70 Å². The highest BCUT2D eigenvalue weighted by molar-refractivity contribution is 14.1. The van der Waals surface area contributed by atoms with E-state index < -0.39 is 18.1 Å². The largest absolute Gasteiger partial charge is 0.465 e. The topological polar surface area (TPSA) is 39.2 Å². The lowest BCUT2D eigenvalue weighted by Gasteiger charge is -2.03. The number of rotatable bonds is 2. The number of carbonyl (C=O) groups is 1. The summed E-state index contributed by atoms with van der Waals surface area (Å²) >= 11 is 1.76. The Morgan fingerprint density at radius 3 is 2.71 bits per heavy atom. The van der Waals surface area contributed by atoms with E-state index in [1.54, 1.807) is 22.6 Å². The molecule has 1 heterocycles. The van der Waals surface area contributed by atoms with E-state index in [0.29, 0.717) is 3.70 Å². The van der Waals surface area contributed by atoms with Gasteiger partial charge < -0.3 is 4.74 Å². The molecule has 0 N–H and O–H groups in total. The summed E-state index contributed by atoms with van der Waals surface area (Å²) in [6, 6.07) is 2.41. The van der Waals surface area contributed by atoms with Gasteiger partial charge in [-0.25, -0.2) is 18.6 Å². The molecule has 0 unspecified atom stereocenters. The van der Waals surface area contributed by atoms with Crippen LogP contribution in [0.3, 0.4) is 0 Å². The fraction of sp³-hybridized carbons (Fsp3) is 0.250. The average molecular weight is 313 g/mol. The number of hydrogen-bond acceptors (Lipinski definition) is 3. The Hall–Kier alpha value is -0.790. The van der Waals surface area contributed by atoms with E-state index in [1.165, 1.54) is 13.2 Å². The van der Waals surface area contributed by atoms with E-state index in [-0.39, 0.29) is 5.56 Å². The van der Waals surface area contributed by atoms with Crippen molar-refractivity contribution >= 4 is 28.6 Å². The molecule has 1 aromatic rings. The molecule has 6 heteroatoms. The van der Waals surface area contributed by atoms with Gasteiger partial charge in [0.2, 0.25) is 0 Å². The van der Waals surface area contributed by atoms with Gasteiger partial charge in [-0.3, -0.25) is 0 Å². The van der Waals surface area contributed by atoms with Gasteiger partial charge in [0.25, 0.3) is 6.43 Å². The third kappa shape index (κ3) is 2.60. The van der Waals surface area contributed by atoms with Crippen LogP contribution in [0.1, 0.15) is 22.5 Å². The number of ether oxygens (including phenoxy) is 1. The van der Waals surface area contributed by atoms with Crippen LogP contribution in [-0.4, -0.2) is 18.1 Å². The number of halogens is 3. The lowest BCUT2D eigenvalue weighted by Crippen LogP contribution is -2.04.